The van der Waals surface area contributed by atoms with Crippen LogP contribution in [0.3, 0.4) is 0 Å². The Kier molecular flexibility index (Phi) is 11.9. The van der Waals surface area contributed by atoms with E-state index in [2.05, 4.69) is 53.5 Å². The van der Waals surface area contributed by atoms with Crippen LogP contribution < -0.4 is 10.1 Å². The molecule has 0 spiro atoms. The fourth-order valence-electron chi connectivity index (χ4n) is 5.11. The number of benzene rings is 4. The summed E-state index contributed by atoms with van der Waals surface area (Å²) in [5, 5.41) is 3.10. The minimum absolute atomic E-state index is 0.0336. The molecule has 0 atom stereocenters. The zero-order valence-electron chi connectivity index (χ0n) is 23.9. The molecule has 222 valence electrons. The highest BCUT2D eigenvalue weighted by Crippen LogP contribution is 2.37. The highest BCUT2D eigenvalue weighted by atomic mass is 35.5. The minimum atomic E-state index is -4.51. The normalized spacial score (nSPS) is 11.8. The van der Waals surface area contributed by atoms with Crippen molar-refractivity contribution in [3.05, 3.63) is 136 Å². The molecule has 42 heavy (non-hydrogen) atoms. The van der Waals surface area contributed by atoms with Crippen LogP contribution in [0.5, 0.6) is 5.75 Å². The number of halogens is 4. The number of nitrogens with zero attached hydrogens (tertiary/aromatic N) is 1. The number of ether oxygens (including phenoxy) is 1. The van der Waals surface area contributed by atoms with E-state index in [0.29, 0.717) is 38.2 Å². The van der Waals surface area contributed by atoms with Crippen molar-refractivity contribution in [2.45, 2.75) is 38.4 Å². The molecule has 0 aromatic heterocycles. The SMILES string of the molecule is CCNCCc1cccc(OCCCN(Cc2cccc(C(F)(F)F)c2Cl)CC(c2ccccc2)c2ccccc2)c1. The summed E-state index contributed by atoms with van der Waals surface area (Å²) in [4.78, 5) is 2.18. The van der Waals surface area contributed by atoms with Gasteiger partial charge in [0.25, 0.3) is 0 Å². The van der Waals surface area contributed by atoms with Crippen molar-refractivity contribution in [1.29, 1.82) is 0 Å². The smallest absolute Gasteiger partial charge is 0.417 e. The molecule has 0 aliphatic carbocycles. The molecule has 0 fully saturated rings. The van der Waals surface area contributed by atoms with E-state index in [1.807, 2.05) is 48.5 Å². The Hall–Kier alpha value is -3.32. The summed E-state index contributed by atoms with van der Waals surface area (Å²) in [6, 6.07) is 32.7. The molecule has 0 saturated heterocycles. The molecule has 7 heteroatoms. The summed E-state index contributed by atoms with van der Waals surface area (Å²) in [6.07, 6.45) is -2.88. The monoisotopic (exact) mass is 594 g/mol. The van der Waals surface area contributed by atoms with Gasteiger partial charge in [-0.05, 0) is 66.4 Å². The van der Waals surface area contributed by atoms with Gasteiger partial charge in [-0.25, -0.2) is 0 Å². The first kappa shape index (κ1) is 31.6. The van der Waals surface area contributed by atoms with Crippen molar-refractivity contribution in [1.82, 2.24) is 10.2 Å². The lowest BCUT2D eigenvalue weighted by molar-refractivity contribution is -0.137. The van der Waals surface area contributed by atoms with E-state index in [4.69, 9.17) is 16.3 Å². The molecular formula is C35H38ClF3N2O. The first-order chi connectivity index (χ1) is 20.3. The quantitative estimate of drug-likeness (QED) is 0.139. The Morgan fingerprint density at radius 2 is 1.52 bits per heavy atom. The molecule has 3 nitrogen and oxygen atoms in total. The standard InChI is InChI=1S/C35H38ClF3N2O/c1-2-40-21-20-27-12-9-18-31(24-27)42-23-11-22-41(25-30-17-10-19-33(34(30)36)35(37,38)39)26-32(28-13-5-3-6-14-28)29-15-7-4-8-16-29/h3-10,12-19,24,32,40H,2,11,20-23,25-26H2,1H3. The fourth-order valence-corrected chi connectivity index (χ4v) is 5.40. The largest absolute Gasteiger partial charge is 0.494 e. The number of likely N-dealkylation sites (N-methyl/N-ethyl adjacent to an activating group) is 1. The number of rotatable bonds is 15. The van der Waals surface area contributed by atoms with E-state index >= 15 is 0 Å². The molecule has 0 heterocycles. The predicted molar refractivity (Wildman–Crippen MR) is 165 cm³/mol. The van der Waals surface area contributed by atoms with E-state index in [1.165, 1.54) is 11.6 Å². The van der Waals surface area contributed by atoms with Crippen LogP contribution in [-0.2, 0) is 19.1 Å². The van der Waals surface area contributed by atoms with Crippen molar-refractivity contribution < 1.29 is 17.9 Å². The zero-order chi connectivity index (χ0) is 29.8. The molecule has 0 saturated carbocycles. The topological polar surface area (TPSA) is 24.5 Å². The summed E-state index contributed by atoms with van der Waals surface area (Å²) in [5.74, 6) is 0.856. The lowest BCUT2D eigenvalue weighted by Gasteiger charge is -2.29. The molecular weight excluding hydrogens is 557 g/mol. The average Bonchev–Trinajstić information content (AvgIpc) is 2.99. The lowest BCUT2D eigenvalue weighted by atomic mass is 9.90. The van der Waals surface area contributed by atoms with Gasteiger partial charge in [0, 0.05) is 25.6 Å². The van der Waals surface area contributed by atoms with Crippen molar-refractivity contribution >= 4 is 11.6 Å². The van der Waals surface area contributed by atoms with Crippen LogP contribution in [0.4, 0.5) is 13.2 Å². The third kappa shape index (κ3) is 9.35. The van der Waals surface area contributed by atoms with Crippen molar-refractivity contribution in [2.75, 3.05) is 32.8 Å². The maximum Gasteiger partial charge on any atom is 0.417 e. The molecule has 0 aliphatic heterocycles. The van der Waals surface area contributed by atoms with Crippen molar-refractivity contribution in [3.63, 3.8) is 0 Å². The first-order valence-corrected chi connectivity index (χ1v) is 14.8. The molecule has 1 N–H and O–H groups in total. The number of nitrogens with one attached hydrogen (secondary N) is 1. The van der Waals surface area contributed by atoms with Crippen molar-refractivity contribution in [2.24, 2.45) is 0 Å². The summed E-state index contributed by atoms with van der Waals surface area (Å²) >= 11 is 6.33. The Bertz CT molecular complexity index is 1330. The minimum Gasteiger partial charge on any atom is -0.494 e. The summed E-state index contributed by atoms with van der Waals surface area (Å²) in [5.41, 5.74) is 3.16. The van der Waals surface area contributed by atoms with E-state index < -0.39 is 11.7 Å². The van der Waals surface area contributed by atoms with Crippen LogP contribution in [0.2, 0.25) is 5.02 Å². The second kappa shape index (κ2) is 15.8. The van der Waals surface area contributed by atoms with Gasteiger partial charge in [0.1, 0.15) is 5.75 Å². The Morgan fingerprint density at radius 3 is 2.17 bits per heavy atom. The highest BCUT2D eigenvalue weighted by molar-refractivity contribution is 6.32. The van der Waals surface area contributed by atoms with Gasteiger partial charge < -0.3 is 10.1 Å². The van der Waals surface area contributed by atoms with Gasteiger partial charge in [-0.15, -0.1) is 0 Å². The van der Waals surface area contributed by atoms with Gasteiger partial charge in [-0.2, -0.15) is 13.2 Å². The summed E-state index contributed by atoms with van der Waals surface area (Å²) in [7, 11) is 0. The second-order valence-corrected chi connectivity index (χ2v) is 10.7. The average molecular weight is 595 g/mol. The van der Waals surface area contributed by atoms with Crippen LogP contribution in [0.15, 0.2) is 103 Å². The number of alkyl halides is 3. The van der Waals surface area contributed by atoms with Crippen LogP contribution in [0, 0.1) is 0 Å². The molecule has 0 bridgehead atoms. The fraction of sp³-hybridized carbons (Fsp3) is 0.314. The second-order valence-electron chi connectivity index (χ2n) is 10.3. The van der Waals surface area contributed by atoms with E-state index in [9.17, 15) is 13.2 Å². The van der Waals surface area contributed by atoms with Crippen LogP contribution in [0.1, 0.15) is 47.1 Å². The van der Waals surface area contributed by atoms with Gasteiger partial charge in [-0.1, -0.05) is 103 Å². The van der Waals surface area contributed by atoms with E-state index in [-0.39, 0.29) is 10.9 Å². The van der Waals surface area contributed by atoms with Gasteiger partial charge in [0.2, 0.25) is 0 Å². The molecule has 0 radical (unpaired) electrons. The molecule has 0 amide bonds. The van der Waals surface area contributed by atoms with Crippen LogP contribution in [-0.4, -0.2) is 37.7 Å². The third-order valence-corrected chi connectivity index (χ3v) is 7.70. The maximum atomic E-state index is 13.6. The van der Waals surface area contributed by atoms with E-state index in [1.54, 1.807) is 6.07 Å². The first-order valence-electron chi connectivity index (χ1n) is 14.4. The Morgan fingerprint density at radius 1 is 0.857 bits per heavy atom. The molecule has 4 aromatic rings. The van der Waals surface area contributed by atoms with Gasteiger partial charge in [0.05, 0.1) is 17.2 Å². The number of hydrogen-bond donors (Lipinski definition) is 1. The van der Waals surface area contributed by atoms with Crippen molar-refractivity contribution in [3.8, 4) is 5.75 Å². The van der Waals surface area contributed by atoms with E-state index in [0.717, 1.165) is 42.5 Å². The summed E-state index contributed by atoms with van der Waals surface area (Å²) < 4.78 is 47.0. The third-order valence-electron chi connectivity index (χ3n) is 7.25. The predicted octanol–water partition coefficient (Wildman–Crippen LogP) is 8.61. The van der Waals surface area contributed by atoms with Crippen LogP contribution in [0.25, 0.3) is 0 Å². The Labute approximate surface area is 252 Å². The molecule has 4 aromatic carbocycles. The Balaban J connectivity index is 1.51. The molecule has 0 aliphatic rings. The zero-order valence-corrected chi connectivity index (χ0v) is 24.7. The molecule has 4 rings (SSSR count). The lowest BCUT2D eigenvalue weighted by Crippen LogP contribution is -2.31. The van der Waals surface area contributed by atoms with Gasteiger partial charge >= 0.3 is 6.18 Å². The molecule has 0 unspecified atom stereocenters. The number of hydrogen-bond acceptors (Lipinski definition) is 3. The maximum absolute atomic E-state index is 13.6. The van der Waals surface area contributed by atoms with Gasteiger partial charge in [0.15, 0.2) is 0 Å². The van der Waals surface area contributed by atoms with Crippen LogP contribution >= 0.6 is 11.6 Å². The highest BCUT2D eigenvalue weighted by Gasteiger charge is 2.34. The summed E-state index contributed by atoms with van der Waals surface area (Å²) in [6.45, 7) is 5.96. The van der Waals surface area contributed by atoms with Gasteiger partial charge in [-0.3, -0.25) is 4.90 Å².